The first-order valence-electron chi connectivity index (χ1n) is 9.39. The average Bonchev–Trinajstić information content (AvgIpc) is 2.77. The van der Waals surface area contributed by atoms with Crippen LogP contribution in [-0.4, -0.2) is 38.0 Å². The minimum Gasteiger partial charge on any atom is -0.497 e. The molecule has 2 rings (SSSR count). The molecule has 8 heteroatoms. The smallest absolute Gasteiger partial charge is 0.349 e. The molecule has 0 spiro atoms. The number of aryl methyl sites for hydroxylation is 2. The molecule has 2 aromatic carbocycles. The molecule has 0 aliphatic heterocycles. The Kier molecular flexibility index (Phi) is 8.34. The van der Waals surface area contributed by atoms with Crippen LogP contribution in [0.5, 0.6) is 5.75 Å². The first-order chi connectivity index (χ1) is 14.8. The number of carbonyl (C=O) groups is 3. The van der Waals surface area contributed by atoms with Crippen LogP contribution < -0.4 is 15.4 Å². The summed E-state index contributed by atoms with van der Waals surface area (Å²) in [6.07, 6.45) is 1.33. The second kappa shape index (κ2) is 11.2. The summed E-state index contributed by atoms with van der Waals surface area (Å²) in [5.74, 6) is -1.45. The first kappa shape index (κ1) is 23.2. The quantitative estimate of drug-likeness (QED) is 0.384. The maximum atomic E-state index is 12.1. The number of nitrogens with zero attached hydrogens (tertiary/aromatic N) is 1. The van der Waals surface area contributed by atoms with Gasteiger partial charge in [0.05, 0.1) is 13.7 Å². The molecule has 31 heavy (non-hydrogen) atoms. The van der Waals surface area contributed by atoms with Crippen molar-refractivity contribution in [2.24, 2.45) is 0 Å². The predicted molar refractivity (Wildman–Crippen MR) is 115 cm³/mol. The zero-order valence-corrected chi connectivity index (χ0v) is 17.5. The molecule has 0 saturated heterocycles. The molecule has 0 fully saturated rings. The van der Waals surface area contributed by atoms with Gasteiger partial charge in [-0.1, -0.05) is 30.3 Å². The monoisotopic (exact) mass is 421 g/mol. The number of benzene rings is 2. The van der Waals surface area contributed by atoms with Gasteiger partial charge in [-0.05, 0) is 48.7 Å². The van der Waals surface area contributed by atoms with Crippen molar-refractivity contribution in [2.45, 2.75) is 13.8 Å². The van der Waals surface area contributed by atoms with Gasteiger partial charge in [0.2, 0.25) is 5.91 Å². The highest BCUT2D eigenvalue weighted by molar-refractivity contribution is 5.99. The SMILES string of the molecule is COc1cccc(/C=C(\C#N)C(=O)OCC(=O)NCC(=O)Nc2c(C)cccc2C)c1. The fraction of sp³-hybridized carbons (Fsp3) is 0.217. The van der Waals surface area contributed by atoms with Crippen LogP contribution in [0.1, 0.15) is 16.7 Å². The summed E-state index contributed by atoms with van der Waals surface area (Å²) in [6, 6.07) is 14.1. The Morgan fingerprint density at radius 3 is 2.39 bits per heavy atom. The minimum absolute atomic E-state index is 0.270. The number of hydrogen-bond donors (Lipinski definition) is 2. The number of amides is 2. The summed E-state index contributed by atoms with van der Waals surface area (Å²) in [6.45, 7) is 2.83. The maximum Gasteiger partial charge on any atom is 0.349 e. The van der Waals surface area contributed by atoms with Gasteiger partial charge in [0.15, 0.2) is 6.61 Å². The van der Waals surface area contributed by atoms with E-state index in [0.29, 0.717) is 17.0 Å². The van der Waals surface area contributed by atoms with E-state index in [1.165, 1.54) is 13.2 Å². The third kappa shape index (κ3) is 7.01. The van der Waals surface area contributed by atoms with Gasteiger partial charge in [0.1, 0.15) is 17.4 Å². The third-order valence-corrected chi connectivity index (χ3v) is 4.27. The molecule has 8 nitrogen and oxygen atoms in total. The highest BCUT2D eigenvalue weighted by Gasteiger charge is 2.14. The van der Waals surface area contributed by atoms with Crippen LogP contribution in [0, 0.1) is 25.2 Å². The molecule has 2 amide bonds. The first-order valence-corrected chi connectivity index (χ1v) is 9.39. The lowest BCUT2D eigenvalue weighted by molar-refractivity contribution is -0.144. The number of nitriles is 1. The van der Waals surface area contributed by atoms with Gasteiger partial charge in [-0.25, -0.2) is 4.79 Å². The van der Waals surface area contributed by atoms with Crippen molar-refractivity contribution >= 4 is 29.5 Å². The van der Waals surface area contributed by atoms with Crippen LogP contribution in [0.25, 0.3) is 6.08 Å². The molecule has 0 bridgehead atoms. The van der Waals surface area contributed by atoms with Crippen LogP contribution in [0.15, 0.2) is 48.0 Å². The van der Waals surface area contributed by atoms with Crippen LogP contribution in [-0.2, 0) is 19.1 Å². The predicted octanol–water partition coefficient (Wildman–Crippen LogP) is 2.52. The number of esters is 1. The number of methoxy groups -OCH3 is 1. The zero-order chi connectivity index (χ0) is 22.8. The number of hydrogen-bond acceptors (Lipinski definition) is 6. The second-order valence-corrected chi connectivity index (χ2v) is 6.61. The van der Waals surface area contributed by atoms with Gasteiger partial charge in [-0.15, -0.1) is 0 Å². The molecule has 2 N–H and O–H groups in total. The van der Waals surface area contributed by atoms with Crippen molar-refractivity contribution in [3.63, 3.8) is 0 Å². The zero-order valence-electron chi connectivity index (χ0n) is 17.5. The van der Waals surface area contributed by atoms with Gasteiger partial charge < -0.3 is 20.1 Å². The fourth-order valence-corrected chi connectivity index (χ4v) is 2.67. The Morgan fingerprint density at radius 2 is 1.74 bits per heavy atom. The van der Waals surface area contributed by atoms with E-state index in [9.17, 15) is 19.6 Å². The number of anilines is 1. The summed E-state index contributed by atoms with van der Waals surface area (Å²) < 4.78 is 9.96. The molecule has 0 aliphatic rings. The minimum atomic E-state index is -0.944. The Hall–Kier alpha value is -4.12. The Morgan fingerprint density at radius 1 is 1.06 bits per heavy atom. The number of nitrogens with one attached hydrogen (secondary N) is 2. The fourth-order valence-electron chi connectivity index (χ4n) is 2.67. The van der Waals surface area contributed by atoms with E-state index in [4.69, 9.17) is 9.47 Å². The molecule has 160 valence electrons. The normalized spacial score (nSPS) is 10.6. The lowest BCUT2D eigenvalue weighted by Crippen LogP contribution is -2.35. The topological polar surface area (TPSA) is 118 Å². The van der Waals surface area contributed by atoms with Crippen molar-refractivity contribution in [1.82, 2.24) is 5.32 Å². The molecule has 0 aliphatic carbocycles. The summed E-state index contributed by atoms with van der Waals surface area (Å²) >= 11 is 0. The van der Waals surface area contributed by atoms with Gasteiger partial charge in [-0.2, -0.15) is 5.26 Å². The molecule has 0 heterocycles. The van der Waals surface area contributed by atoms with Crippen molar-refractivity contribution in [3.8, 4) is 11.8 Å². The van der Waals surface area contributed by atoms with Gasteiger partial charge in [-0.3, -0.25) is 9.59 Å². The summed E-state index contributed by atoms with van der Waals surface area (Å²) in [7, 11) is 1.50. The lowest BCUT2D eigenvalue weighted by atomic mass is 10.1. The number of carbonyl (C=O) groups excluding carboxylic acids is 3. The molecule has 0 atom stereocenters. The molecule has 0 aromatic heterocycles. The van der Waals surface area contributed by atoms with Crippen LogP contribution in [0.4, 0.5) is 5.69 Å². The van der Waals surface area contributed by atoms with E-state index in [0.717, 1.165) is 11.1 Å². The Labute approximate surface area is 180 Å². The largest absolute Gasteiger partial charge is 0.497 e. The van der Waals surface area contributed by atoms with E-state index >= 15 is 0 Å². The molecule has 2 aromatic rings. The third-order valence-electron chi connectivity index (χ3n) is 4.27. The van der Waals surface area contributed by atoms with Gasteiger partial charge in [0, 0.05) is 5.69 Å². The number of rotatable bonds is 8. The van der Waals surface area contributed by atoms with E-state index in [2.05, 4.69) is 10.6 Å². The Balaban J connectivity index is 1.85. The summed E-state index contributed by atoms with van der Waals surface area (Å²) in [5.41, 5.74) is 2.80. The molecular formula is C23H23N3O5. The second-order valence-electron chi connectivity index (χ2n) is 6.61. The van der Waals surface area contributed by atoms with Crippen molar-refractivity contribution < 1.29 is 23.9 Å². The molecule has 0 saturated carbocycles. The van der Waals surface area contributed by atoms with E-state index in [-0.39, 0.29) is 12.1 Å². The summed E-state index contributed by atoms with van der Waals surface area (Å²) in [4.78, 5) is 36.1. The highest BCUT2D eigenvalue weighted by atomic mass is 16.5. The van der Waals surface area contributed by atoms with Crippen molar-refractivity contribution in [3.05, 3.63) is 64.7 Å². The van der Waals surface area contributed by atoms with Gasteiger partial charge >= 0.3 is 5.97 Å². The van der Waals surface area contributed by atoms with Crippen LogP contribution in [0.2, 0.25) is 0 Å². The lowest BCUT2D eigenvalue weighted by Gasteiger charge is -2.12. The molecular weight excluding hydrogens is 398 g/mol. The van der Waals surface area contributed by atoms with Crippen LogP contribution >= 0.6 is 0 Å². The molecule has 0 unspecified atom stereocenters. The summed E-state index contributed by atoms with van der Waals surface area (Å²) in [5, 5.41) is 14.3. The molecule has 0 radical (unpaired) electrons. The van der Waals surface area contributed by atoms with E-state index in [1.54, 1.807) is 30.3 Å². The highest BCUT2D eigenvalue weighted by Crippen LogP contribution is 2.19. The van der Waals surface area contributed by atoms with E-state index in [1.807, 2.05) is 32.0 Å². The van der Waals surface area contributed by atoms with E-state index < -0.39 is 24.4 Å². The number of ether oxygens (including phenoxy) is 2. The standard InChI is InChI=1S/C23H23N3O5/c1-15-6-4-7-16(2)22(15)26-20(27)13-25-21(28)14-31-23(29)18(12-24)10-17-8-5-9-19(11-17)30-3/h4-11H,13-14H2,1-3H3,(H,25,28)(H,26,27)/b18-10+. The maximum absolute atomic E-state index is 12.1. The average molecular weight is 421 g/mol. The Bertz CT molecular complexity index is 1030. The van der Waals surface area contributed by atoms with Crippen molar-refractivity contribution in [1.29, 1.82) is 5.26 Å². The van der Waals surface area contributed by atoms with Gasteiger partial charge in [0.25, 0.3) is 5.91 Å². The number of para-hydroxylation sites is 1. The van der Waals surface area contributed by atoms with Crippen LogP contribution in [0.3, 0.4) is 0 Å². The van der Waals surface area contributed by atoms with Crippen molar-refractivity contribution in [2.75, 3.05) is 25.6 Å².